The molecule has 1 aromatic heterocycles. The molecule has 8 nitrogen and oxygen atoms in total. The number of hydrogen-bond acceptors (Lipinski definition) is 8. The number of aromatic nitrogens is 1. The van der Waals surface area contributed by atoms with Crippen molar-refractivity contribution in [3.05, 3.63) is 94.5 Å². The van der Waals surface area contributed by atoms with Crippen LogP contribution in [0.2, 0.25) is 0 Å². The molecule has 0 bridgehead atoms. The molecule has 1 fully saturated rings. The Balaban J connectivity index is 1.92. The number of anilines is 1. The number of ether oxygens (including phenoxy) is 2. The fourth-order valence-corrected chi connectivity index (χ4v) is 4.83. The summed E-state index contributed by atoms with van der Waals surface area (Å²) in [5.41, 5.74) is 1.11. The second-order valence-corrected chi connectivity index (χ2v) is 8.55. The van der Waals surface area contributed by atoms with Gasteiger partial charge in [-0.2, -0.15) is 0 Å². The number of carbonyl (C=O) groups is 3. The van der Waals surface area contributed by atoms with Gasteiger partial charge in [0.25, 0.3) is 5.78 Å². The van der Waals surface area contributed by atoms with E-state index in [0.717, 1.165) is 11.3 Å². The van der Waals surface area contributed by atoms with Gasteiger partial charge in [0.05, 0.1) is 18.4 Å². The maximum absolute atomic E-state index is 13.3. The van der Waals surface area contributed by atoms with Gasteiger partial charge in [-0.15, -0.1) is 0 Å². The highest BCUT2D eigenvalue weighted by atomic mass is 32.1. The van der Waals surface area contributed by atoms with E-state index in [1.807, 2.05) is 0 Å². The Kier molecular flexibility index (Phi) is 6.79. The fraction of sp³-hybridized carbons (Fsp3) is 0.154. The van der Waals surface area contributed by atoms with Crippen molar-refractivity contribution in [1.82, 2.24) is 4.98 Å². The summed E-state index contributed by atoms with van der Waals surface area (Å²) in [6, 6.07) is 14.4. The van der Waals surface area contributed by atoms with Crippen molar-refractivity contribution in [2.75, 3.05) is 18.6 Å². The van der Waals surface area contributed by atoms with Crippen LogP contribution < -0.4 is 9.64 Å². The number of aliphatic hydroxyl groups is 1. The second-order valence-electron chi connectivity index (χ2n) is 7.58. The summed E-state index contributed by atoms with van der Waals surface area (Å²) in [5.74, 6) is -2.26. The van der Waals surface area contributed by atoms with Crippen molar-refractivity contribution in [1.29, 1.82) is 0 Å². The number of methoxy groups -OCH3 is 1. The zero-order valence-corrected chi connectivity index (χ0v) is 19.9. The van der Waals surface area contributed by atoms with Crippen LogP contribution in [-0.4, -0.2) is 41.5 Å². The molecule has 0 aliphatic carbocycles. The van der Waals surface area contributed by atoms with Crippen LogP contribution in [0.3, 0.4) is 0 Å². The maximum atomic E-state index is 13.3. The molecule has 1 N–H and O–H groups in total. The lowest BCUT2D eigenvalue weighted by atomic mass is 9.95. The van der Waals surface area contributed by atoms with Gasteiger partial charge in [0.1, 0.15) is 29.0 Å². The Labute approximate surface area is 205 Å². The Hall–Kier alpha value is -4.24. The molecule has 35 heavy (non-hydrogen) atoms. The molecular formula is C26H22N2O6S. The number of hydrogen-bond donors (Lipinski definition) is 1. The number of Topliss-reactive ketones (excluding diaryl/α,β-unsaturated/α-hetero) is 1. The standard InChI is InChI=1S/C26H22N2O6S/c1-4-14-34-25(32)23-15(2)27-26(35-23)28-20(17-12-8-9-13-18(17)33-3)19(22(30)24(28)31)21(29)16-10-6-5-7-11-16/h4-13,20,29H,1,14H2,2-3H3/t20-/m0/s1. The third kappa shape index (κ3) is 4.33. The number of ketones is 1. The molecule has 1 aliphatic heterocycles. The lowest BCUT2D eigenvalue weighted by Crippen LogP contribution is -2.29. The summed E-state index contributed by atoms with van der Waals surface area (Å²) in [6.45, 7) is 5.16. The zero-order chi connectivity index (χ0) is 25.1. The molecule has 4 rings (SSSR count). The van der Waals surface area contributed by atoms with Crippen molar-refractivity contribution in [2.24, 2.45) is 0 Å². The number of aliphatic hydroxyl groups excluding tert-OH is 1. The molecule has 2 aromatic carbocycles. The van der Waals surface area contributed by atoms with E-state index in [9.17, 15) is 19.5 Å². The highest BCUT2D eigenvalue weighted by molar-refractivity contribution is 7.17. The van der Waals surface area contributed by atoms with E-state index >= 15 is 0 Å². The number of para-hydroxylation sites is 1. The number of aryl methyl sites for hydroxylation is 1. The molecule has 3 aromatic rings. The van der Waals surface area contributed by atoms with Crippen LogP contribution in [0, 0.1) is 6.92 Å². The average molecular weight is 491 g/mol. The number of nitrogens with zero attached hydrogens (tertiary/aromatic N) is 2. The molecule has 178 valence electrons. The summed E-state index contributed by atoms with van der Waals surface area (Å²) < 4.78 is 10.6. The van der Waals surface area contributed by atoms with E-state index in [2.05, 4.69) is 11.6 Å². The third-order valence-electron chi connectivity index (χ3n) is 5.43. The van der Waals surface area contributed by atoms with Gasteiger partial charge in [0.2, 0.25) is 0 Å². The van der Waals surface area contributed by atoms with Crippen LogP contribution in [0.4, 0.5) is 5.13 Å². The first-order chi connectivity index (χ1) is 16.9. The third-order valence-corrected chi connectivity index (χ3v) is 6.57. The minimum absolute atomic E-state index is 0.0221. The van der Waals surface area contributed by atoms with Crippen molar-refractivity contribution in [3.8, 4) is 5.75 Å². The highest BCUT2D eigenvalue weighted by Crippen LogP contribution is 2.46. The molecular weight excluding hydrogens is 468 g/mol. The van der Waals surface area contributed by atoms with E-state index in [-0.39, 0.29) is 27.9 Å². The number of benzene rings is 2. The predicted molar refractivity (Wildman–Crippen MR) is 132 cm³/mol. The first kappa shape index (κ1) is 23.9. The van der Waals surface area contributed by atoms with E-state index in [1.165, 1.54) is 18.1 Å². The number of amides is 1. The van der Waals surface area contributed by atoms with Crippen LogP contribution in [0.25, 0.3) is 5.76 Å². The van der Waals surface area contributed by atoms with Crippen LogP contribution in [-0.2, 0) is 14.3 Å². The van der Waals surface area contributed by atoms with Gasteiger partial charge >= 0.3 is 11.9 Å². The first-order valence-corrected chi connectivity index (χ1v) is 11.5. The summed E-state index contributed by atoms with van der Waals surface area (Å²) in [4.78, 5) is 44.9. The first-order valence-electron chi connectivity index (χ1n) is 10.6. The molecule has 2 heterocycles. The highest BCUT2D eigenvalue weighted by Gasteiger charge is 2.49. The lowest BCUT2D eigenvalue weighted by Gasteiger charge is -2.24. The van der Waals surface area contributed by atoms with Crippen LogP contribution >= 0.6 is 11.3 Å². The van der Waals surface area contributed by atoms with Gasteiger partial charge in [0.15, 0.2) is 5.13 Å². The van der Waals surface area contributed by atoms with Gasteiger partial charge in [-0.05, 0) is 13.0 Å². The minimum Gasteiger partial charge on any atom is -0.507 e. The number of thiazole rings is 1. The number of rotatable bonds is 7. The smallest absolute Gasteiger partial charge is 0.350 e. The largest absolute Gasteiger partial charge is 0.507 e. The molecule has 1 atom stereocenters. The molecule has 1 saturated heterocycles. The van der Waals surface area contributed by atoms with Crippen molar-refractivity contribution < 1.29 is 29.0 Å². The van der Waals surface area contributed by atoms with Crippen LogP contribution in [0.1, 0.15) is 32.5 Å². The van der Waals surface area contributed by atoms with Gasteiger partial charge in [-0.1, -0.05) is 72.5 Å². The van der Waals surface area contributed by atoms with E-state index < -0.39 is 23.7 Å². The molecule has 0 spiro atoms. The number of carbonyl (C=O) groups excluding carboxylic acids is 3. The summed E-state index contributed by atoms with van der Waals surface area (Å²) in [5, 5.41) is 11.3. The van der Waals surface area contributed by atoms with E-state index in [1.54, 1.807) is 61.5 Å². The fourth-order valence-electron chi connectivity index (χ4n) is 3.84. The van der Waals surface area contributed by atoms with Gasteiger partial charge in [-0.3, -0.25) is 14.5 Å². The SMILES string of the molecule is C=CCOC(=O)c1sc(N2C(=O)C(=O)C(=C(O)c3ccccc3)[C@@H]2c2ccccc2OC)nc1C. The summed E-state index contributed by atoms with van der Waals surface area (Å²) >= 11 is 0.930. The van der Waals surface area contributed by atoms with E-state index in [4.69, 9.17) is 9.47 Å². The van der Waals surface area contributed by atoms with Gasteiger partial charge < -0.3 is 14.6 Å². The Morgan fingerprint density at radius 2 is 1.86 bits per heavy atom. The van der Waals surface area contributed by atoms with Crippen LogP contribution in [0.5, 0.6) is 5.75 Å². The molecule has 9 heteroatoms. The second kappa shape index (κ2) is 9.94. The molecule has 0 radical (unpaired) electrons. The van der Waals surface area contributed by atoms with Crippen molar-refractivity contribution in [2.45, 2.75) is 13.0 Å². The zero-order valence-electron chi connectivity index (χ0n) is 19.1. The normalized spacial score (nSPS) is 16.9. The van der Waals surface area contributed by atoms with Gasteiger partial charge in [0, 0.05) is 11.1 Å². The topological polar surface area (TPSA) is 106 Å². The number of esters is 1. The lowest BCUT2D eigenvalue weighted by molar-refractivity contribution is -0.132. The van der Waals surface area contributed by atoms with Gasteiger partial charge in [-0.25, -0.2) is 9.78 Å². The average Bonchev–Trinajstić information content (AvgIpc) is 3.39. The van der Waals surface area contributed by atoms with Crippen molar-refractivity contribution in [3.63, 3.8) is 0 Å². The Morgan fingerprint density at radius 1 is 1.17 bits per heavy atom. The quantitative estimate of drug-likeness (QED) is 0.172. The monoisotopic (exact) mass is 490 g/mol. The van der Waals surface area contributed by atoms with Crippen LogP contribution in [0.15, 0.2) is 72.8 Å². The van der Waals surface area contributed by atoms with Crippen molar-refractivity contribution >= 4 is 39.9 Å². The minimum atomic E-state index is -1.03. The predicted octanol–water partition coefficient (Wildman–Crippen LogP) is 4.43. The van der Waals surface area contributed by atoms with E-state index in [0.29, 0.717) is 22.6 Å². The maximum Gasteiger partial charge on any atom is 0.350 e. The molecule has 0 saturated carbocycles. The summed E-state index contributed by atoms with van der Waals surface area (Å²) in [7, 11) is 1.48. The molecule has 1 amide bonds. The Bertz CT molecular complexity index is 1340. The molecule has 1 aliphatic rings. The molecule has 0 unspecified atom stereocenters. The Morgan fingerprint density at radius 3 is 2.54 bits per heavy atom. The summed E-state index contributed by atoms with van der Waals surface area (Å²) in [6.07, 6.45) is 1.44.